The van der Waals surface area contributed by atoms with Crippen LogP contribution < -0.4 is 5.32 Å². The van der Waals surface area contributed by atoms with Crippen molar-refractivity contribution in [1.82, 2.24) is 15.2 Å². The van der Waals surface area contributed by atoms with E-state index in [1.54, 1.807) is 28.9 Å². The molecule has 1 aliphatic heterocycles. The van der Waals surface area contributed by atoms with Crippen molar-refractivity contribution in [2.75, 3.05) is 6.54 Å². The maximum Gasteiger partial charge on any atom is 0.318 e. The third-order valence-electron chi connectivity index (χ3n) is 4.19. The fourth-order valence-electron chi connectivity index (χ4n) is 3.06. The highest BCUT2D eigenvalue weighted by Gasteiger charge is 2.33. The number of thiophene rings is 2. The first-order chi connectivity index (χ1) is 11.8. The molecule has 122 valence electrons. The first-order valence-electron chi connectivity index (χ1n) is 7.87. The number of nitrogens with one attached hydrogen (secondary N) is 1. The van der Waals surface area contributed by atoms with Crippen LogP contribution in [0.5, 0.6) is 0 Å². The molecule has 2 amide bonds. The topological polar surface area (TPSA) is 45.2 Å². The highest BCUT2D eigenvalue weighted by molar-refractivity contribution is 7.10. The second-order valence-corrected chi connectivity index (χ2v) is 7.62. The zero-order chi connectivity index (χ0) is 16.4. The quantitative estimate of drug-likeness (QED) is 0.770. The molecule has 0 saturated carbocycles. The van der Waals surface area contributed by atoms with Gasteiger partial charge in [0, 0.05) is 22.5 Å². The van der Waals surface area contributed by atoms with Crippen LogP contribution in [0.1, 0.15) is 27.1 Å². The maximum atomic E-state index is 12.8. The Bertz CT molecular complexity index is 814. The van der Waals surface area contributed by atoms with Crippen LogP contribution in [-0.2, 0) is 13.0 Å². The number of nitrogens with zero attached hydrogens (tertiary/aromatic N) is 2. The van der Waals surface area contributed by atoms with E-state index in [0.29, 0.717) is 6.54 Å². The van der Waals surface area contributed by atoms with Crippen LogP contribution in [0, 0.1) is 0 Å². The molecule has 3 aromatic heterocycles. The van der Waals surface area contributed by atoms with Gasteiger partial charge in [0.15, 0.2) is 0 Å². The lowest BCUT2D eigenvalue weighted by molar-refractivity contribution is 0.181. The molecule has 3 aromatic rings. The lowest BCUT2D eigenvalue weighted by Gasteiger charge is -2.35. The molecule has 0 bridgehead atoms. The van der Waals surface area contributed by atoms with E-state index in [9.17, 15) is 4.79 Å². The van der Waals surface area contributed by atoms with E-state index in [1.807, 2.05) is 29.2 Å². The monoisotopic (exact) mass is 355 g/mol. The van der Waals surface area contributed by atoms with Crippen molar-refractivity contribution in [3.63, 3.8) is 0 Å². The Morgan fingerprint density at radius 1 is 1.21 bits per heavy atom. The molecule has 4 nitrogen and oxygen atoms in total. The molecule has 0 saturated heterocycles. The minimum Gasteiger partial charge on any atom is -0.332 e. The zero-order valence-corrected chi connectivity index (χ0v) is 14.6. The molecule has 0 aromatic carbocycles. The molecular weight excluding hydrogens is 338 g/mol. The standard InChI is InChI=1S/C18H17N3OS2/c22-18(20-12-13-4-1-2-8-19-13)21-9-6-15-14(7-11-24-15)17(21)16-5-3-10-23-16/h1-5,7-8,10-11,17H,6,9,12H2,(H,20,22)/t17-/m0/s1. The Kier molecular flexibility index (Phi) is 4.32. The van der Waals surface area contributed by atoms with Crippen LogP contribution in [0.15, 0.2) is 53.4 Å². The molecule has 4 rings (SSSR count). The normalized spacial score (nSPS) is 16.7. The second kappa shape index (κ2) is 6.75. The predicted octanol–water partition coefficient (Wildman–Crippen LogP) is 4.06. The number of fused-ring (bicyclic) bond motifs is 1. The third-order valence-corrected chi connectivity index (χ3v) is 6.11. The van der Waals surface area contributed by atoms with Gasteiger partial charge in [-0.05, 0) is 47.0 Å². The van der Waals surface area contributed by atoms with E-state index in [4.69, 9.17) is 0 Å². The summed E-state index contributed by atoms with van der Waals surface area (Å²) in [6, 6.07) is 12.0. The zero-order valence-electron chi connectivity index (χ0n) is 13.0. The fourth-order valence-corrected chi connectivity index (χ4v) is 4.82. The van der Waals surface area contributed by atoms with E-state index >= 15 is 0 Å². The van der Waals surface area contributed by atoms with Crippen molar-refractivity contribution in [3.8, 4) is 0 Å². The number of pyridine rings is 1. The fraction of sp³-hybridized carbons (Fsp3) is 0.222. The lowest BCUT2D eigenvalue weighted by Crippen LogP contribution is -2.45. The Labute approximate surface area is 148 Å². The number of urea groups is 1. The van der Waals surface area contributed by atoms with Crippen molar-refractivity contribution in [2.24, 2.45) is 0 Å². The Morgan fingerprint density at radius 3 is 2.96 bits per heavy atom. The van der Waals surface area contributed by atoms with Gasteiger partial charge in [-0.3, -0.25) is 4.98 Å². The average molecular weight is 355 g/mol. The first-order valence-corrected chi connectivity index (χ1v) is 9.63. The predicted molar refractivity (Wildman–Crippen MR) is 97.4 cm³/mol. The first kappa shape index (κ1) is 15.4. The van der Waals surface area contributed by atoms with Gasteiger partial charge in [-0.15, -0.1) is 22.7 Å². The number of hydrogen-bond donors (Lipinski definition) is 1. The van der Waals surface area contributed by atoms with Crippen LogP contribution in [0.3, 0.4) is 0 Å². The molecule has 24 heavy (non-hydrogen) atoms. The van der Waals surface area contributed by atoms with Gasteiger partial charge in [-0.1, -0.05) is 12.1 Å². The third kappa shape index (κ3) is 2.95. The number of amides is 2. The summed E-state index contributed by atoms with van der Waals surface area (Å²) in [6.07, 6.45) is 2.67. The van der Waals surface area contributed by atoms with E-state index < -0.39 is 0 Å². The summed E-state index contributed by atoms with van der Waals surface area (Å²) < 4.78 is 0. The SMILES string of the molecule is O=C(NCc1ccccn1)N1CCc2sccc2[C@H]1c1cccs1. The molecule has 0 aliphatic carbocycles. The van der Waals surface area contributed by atoms with Crippen molar-refractivity contribution in [2.45, 2.75) is 19.0 Å². The highest BCUT2D eigenvalue weighted by Crippen LogP contribution is 2.39. The summed E-state index contributed by atoms with van der Waals surface area (Å²) in [6.45, 7) is 1.19. The molecule has 1 aliphatic rings. The summed E-state index contributed by atoms with van der Waals surface area (Å²) in [7, 11) is 0. The van der Waals surface area contributed by atoms with E-state index in [-0.39, 0.29) is 12.1 Å². The summed E-state index contributed by atoms with van der Waals surface area (Å²) in [5.41, 5.74) is 2.13. The molecule has 0 fully saturated rings. The number of aromatic nitrogens is 1. The van der Waals surface area contributed by atoms with Gasteiger partial charge in [-0.2, -0.15) is 0 Å². The number of hydrogen-bond acceptors (Lipinski definition) is 4. The summed E-state index contributed by atoms with van der Waals surface area (Å²) in [4.78, 5) is 21.6. The van der Waals surface area contributed by atoms with Gasteiger partial charge in [0.05, 0.1) is 18.3 Å². The molecule has 0 radical (unpaired) electrons. The van der Waals surface area contributed by atoms with E-state index in [1.165, 1.54) is 15.3 Å². The smallest absolute Gasteiger partial charge is 0.318 e. The van der Waals surface area contributed by atoms with Crippen LogP contribution in [0.25, 0.3) is 0 Å². The Morgan fingerprint density at radius 2 is 2.17 bits per heavy atom. The minimum absolute atomic E-state index is 0.0173. The molecule has 0 unspecified atom stereocenters. The van der Waals surface area contributed by atoms with Gasteiger partial charge in [0.2, 0.25) is 0 Å². The molecule has 4 heterocycles. The number of rotatable bonds is 3. The lowest BCUT2D eigenvalue weighted by atomic mass is 9.99. The van der Waals surface area contributed by atoms with Crippen LogP contribution in [-0.4, -0.2) is 22.5 Å². The van der Waals surface area contributed by atoms with Crippen LogP contribution in [0.2, 0.25) is 0 Å². The van der Waals surface area contributed by atoms with Gasteiger partial charge < -0.3 is 10.2 Å². The largest absolute Gasteiger partial charge is 0.332 e. The minimum atomic E-state index is -0.0316. The second-order valence-electron chi connectivity index (χ2n) is 5.64. The molecular formula is C18H17N3OS2. The van der Waals surface area contributed by atoms with E-state index in [2.05, 4.69) is 33.2 Å². The number of carbonyl (C=O) groups excluding carboxylic acids is 1. The summed E-state index contributed by atoms with van der Waals surface area (Å²) >= 11 is 3.49. The van der Waals surface area contributed by atoms with Gasteiger partial charge in [0.1, 0.15) is 0 Å². The van der Waals surface area contributed by atoms with Gasteiger partial charge >= 0.3 is 6.03 Å². The Hall–Kier alpha value is -2.18. The summed E-state index contributed by atoms with van der Waals surface area (Å²) in [5, 5.41) is 7.21. The highest BCUT2D eigenvalue weighted by atomic mass is 32.1. The molecule has 1 N–H and O–H groups in total. The van der Waals surface area contributed by atoms with Crippen LogP contribution >= 0.6 is 22.7 Å². The van der Waals surface area contributed by atoms with Gasteiger partial charge in [-0.25, -0.2) is 4.79 Å². The maximum absolute atomic E-state index is 12.8. The summed E-state index contributed by atoms with van der Waals surface area (Å²) in [5.74, 6) is 0. The van der Waals surface area contributed by atoms with Crippen molar-refractivity contribution < 1.29 is 4.79 Å². The average Bonchev–Trinajstić information content (AvgIpc) is 3.31. The van der Waals surface area contributed by atoms with Gasteiger partial charge in [0.25, 0.3) is 0 Å². The molecule has 1 atom stereocenters. The van der Waals surface area contributed by atoms with Crippen molar-refractivity contribution >= 4 is 28.7 Å². The number of carbonyl (C=O) groups is 1. The van der Waals surface area contributed by atoms with Crippen molar-refractivity contribution in [1.29, 1.82) is 0 Å². The molecule has 0 spiro atoms. The molecule has 6 heteroatoms. The van der Waals surface area contributed by atoms with Crippen molar-refractivity contribution in [3.05, 3.63) is 74.4 Å². The Balaban J connectivity index is 1.56. The van der Waals surface area contributed by atoms with Crippen LogP contribution in [0.4, 0.5) is 4.79 Å². The van der Waals surface area contributed by atoms with E-state index in [0.717, 1.165) is 18.7 Å².